The number of hydrogen-bond donors (Lipinski definition) is 1. The van der Waals surface area contributed by atoms with Crippen LogP contribution in [0.1, 0.15) is 31.9 Å². The summed E-state index contributed by atoms with van der Waals surface area (Å²) in [6.45, 7) is 5.49. The van der Waals surface area contributed by atoms with Crippen molar-refractivity contribution in [3.8, 4) is 5.75 Å². The van der Waals surface area contributed by atoms with E-state index in [1.165, 1.54) is 5.56 Å². The molecule has 2 fully saturated rings. The zero-order chi connectivity index (χ0) is 24.6. The zero-order valence-electron chi connectivity index (χ0n) is 20.8. The summed E-state index contributed by atoms with van der Waals surface area (Å²) in [7, 11) is 3.71. The topological polar surface area (TPSA) is 91.1 Å². The van der Waals surface area contributed by atoms with Crippen LogP contribution in [-0.2, 0) is 20.8 Å². The number of hydrogen-bond acceptors (Lipinski definition) is 8. The molecule has 3 aromatic rings. The quantitative estimate of drug-likeness (QED) is 0.465. The Morgan fingerprint density at radius 1 is 1.14 bits per heavy atom. The molecule has 3 heterocycles. The highest BCUT2D eigenvalue weighted by atomic mass is 16.8. The van der Waals surface area contributed by atoms with E-state index in [1.807, 2.05) is 33.0 Å². The van der Waals surface area contributed by atoms with Gasteiger partial charge in [-0.1, -0.05) is 12.1 Å². The molecule has 4 atom stereocenters. The Morgan fingerprint density at radius 3 is 2.66 bits per heavy atom. The molecule has 1 aromatic carbocycles. The van der Waals surface area contributed by atoms with Gasteiger partial charge in [0.25, 0.3) is 0 Å². The Bertz CT molecular complexity index is 1150. The summed E-state index contributed by atoms with van der Waals surface area (Å²) in [6, 6.07) is 10.2. The summed E-state index contributed by atoms with van der Waals surface area (Å²) >= 11 is 0. The average Bonchev–Trinajstić information content (AvgIpc) is 3.50. The largest absolute Gasteiger partial charge is 0.497 e. The normalized spacial score (nSPS) is 25.2. The molecule has 1 saturated heterocycles. The van der Waals surface area contributed by atoms with Crippen LogP contribution in [0.25, 0.3) is 11.0 Å². The third-order valence-electron chi connectivity index (χ3n) is 6.91. The predicted octanol–water partition coefficient (Wildman–Crippen LogP) is 3.17. The van der Waals surface area contributed by atoms with E-state index >= 15 is 0 Å². The number of aliphatic hydroxyl groups is 1. The molecular formula is C26H34N4O5. The smallest absolute Gasteiger partial charge is 0.163 e. The van der Waals surface area contributed by atoms with Gasteiger partial charge in [0.15, 0.2) is 5.79 Å². The fourth-order valence-corrected chi connectivity index (χ4v) is 5.40. The van der Waals surface area contributed by atoms with Gasteiger partial charge >= 0.3 is 0 Å². The molecule has 0 spiro atoms. The lowest BCUT2D eigenvalue weighted by Gasteiger charge is -2.24. The summed E-state index contributed by atoms with van der Waals surface area (Å²) in [4.78, 5) is 11.4. The van der Waals surface area contributed by atoms with Gasteiger partial charge in [0.2, 0.25) is 0 Å². The third-order valence-corrected chi connectivity index (χ3v) is 6.91. The van der Waals surface area contributed by atoms with Crippen molar-refractivity contribution in [3.63, 3.8) is 0 Å². The summed E-state index contributed by atoms with van der Waals surface area (Å²) in [6.07, 6.45) is 4.39. The standard InChI is InChI=1S/C26H34N4O5/c1-26(2)34-22-18(15-33-12-11-31)13-21(23(22)35-26)30-10-9-20-24(27-16-28-25(20)30)29(3)14-17-5-7-19(32-4)8-6-17/h5-10,16,18,21-23,31H,11-15H2,1-4H3/t18-,21-,22-,23+/m1/s1. The molecule has 35 heavy (non-hydrogen) atoms. The molecular weight excluding hydrogens is 448 g/mol. The molecule has 1 saturated carbocycles. The van der Waals surface area contributed by atoms with Gasteiger partial charge in [-0.25, -0.2) is 9.97 Å². The lowest BCUT2D eigenvalue weighted by molar-refractivity contribution is -0.162. The van der Waals surface area contributed by atoms with Crippen LogP contribution in [0.5, 0.6) is 5.75 Å². The molecule has 9 heteroatoms. The Morgan fingerprint density at radius 2 is 1.91 bits per heavy atom. The summed E-state index contributed by atoms with van der Waals surface area (Å²) in [5, 5.41) is 10.1. The first-order valence-corrected chi connectivity index (χ1v) is 12.1. The van der Waals surface area contributed by atoms with E-state index in [4.69, 9.17) is 24.1 Å². The fraction of sp³-hybridized carbons (Fsp3) is 0.538. The zero-order valence-corrected chi connectivity index (χ0v) is 20.8. The molecule has 1 N–H and O–H groups in total. The van der Waals surface area contributed by atoms with Crippen molar-refractivity contribution in [2.75, 3.05) is 38.9 Å². The highest BCUT2D eigenvalue weighted by molar-refractivity contribution is 5.87. The Balaban J connectivity index is 1.40. The third kappa shape index (κ3) is 4.73. The van der Waals surface area contributed by atoms with Gasteiger partial charge in [0.05, 0.1) is 44.5 Å². The lowest BCUT2D eigenvalue weighted by atomic mass is 10.1. The SMILES string of the molecule is COc1ccc(CN(C)c2ncnc3c2ccn3[C@@H]2C[C@H](COCCO)[C@H]3OC(C)(C)O[C@H]32)cc1. The van der Waals surface area contributed by atoms with E-state index in [-0.39, 0.29) is 30.8 Å². The van der Waals surface area contributed by atoms with E-state index in [0.29, 0.717) is 19.8 Å². The highest BCUT2D eigenvalue weighted by Crippen LogP contribution is 2.48. The van der Waals surface area contributed by atoms with Crippen LogP contribution < -0.4 is 9.64 Å². The number of benzene rings is 1. The van der Waals surface area contributed by atoms with E-state index in [2.05, 4.69) is 43.8 Å². The molecule has 188 valence electrons. The minimum atomic E-state index is -0.648. The maximum Gasteiger partial charge on any atom is 0.163 e. The molecule has 2 aromatic heterocycles. The van der Waals surface area contributed by atoms with Gasteiger partial charge in [-0.3, -0.25) is 0 Å². The van der Waals surface area contributed by atoms with Gasteiger partial charge in [-0.05, 0) is 44.0 Å². The van der Waals surface area contributed by atoms with Crippen LogP contribution in [0, 0.1) is 5.92 Å². The minimum Gasteiger partial charge on any atom is -0.497 e. The van der Waals surface area contributed by atoms with Crippen LogP contribution >= 0.6 is 0 Å². The number of fused-ring (bicyclic) bond motifs is 2. The second-order valence-electron chi connectivity index (χ2n) is 9.79. The Hall–Kier alpha value is -2.72. The summed E-state index contributed by atoms with van der Waals surface area (Å²) in [5.41, 5.74) is 2.05. The number of ether oxygens (including phenoxy) is 4. The molecule has 0 unspecified atom stereocenters. The second kappa shape index (κ2) is 9.73. The van der Waals surface area contributed by atoms with Crippen molar-refractivity contribution in [1.82, 2.24) is 14.5 Å². The molecule has 0 amide bonds. The van der Waals surface area contributed by atoms with Crippen molar-refractivity contribution < 1.29 is 24.1 Å². The number of rotatable bonds is 9. The van der Waals surface area contributed by atoms with Crippen molar-refractivity contribution >= 4 is 16.9 Å². The predicted molar refractivity (Wildman–Crippen MR) is 132 cm³/mol. The number of anilines is 1. The van der Waals surface area contributed by atoms with Gasteiger partial charge < -0.3 is 33.5 Å². The Labute approximate surface area is 205 Å². The van der Waals surface area contributed by atoms with Crippen LogP contribution in [0.2, 0.25) is 0 Å². The van der Waals surface area contributed by atoms with Gasteiger partial charge in [-0.2, -0.15) is 0 Å². The Kier molecular flexibility index (Phi) is 6.67. The van der Waals surface area contributed by atoms with E-state index in [1.54, 1.807) is 13.4 Å². The summed E-state index contributed by atoms with van der Waals surface area (Å²) < 4.78 is 25.8. The van der Waals surface area contributed by atoms with E-state index < -0.39 is 5.79 Å². The maximum atomic E-state index is 9.11. The molecule has 5 rings (SSSR count). The van der Waals surface area contributed by atoms with Crippen molar-refractivity contribution in [2.24, 2.45) is 5.92 Å². The molecule has 1 aliphatic heterocycles. The molecule has 1 aliphatic carbocycles. The monoisotopic (exact) mass is 482 g/mol. The fourth-order valence-electron chi connectivity index (χ4n) is 5.40. The van der Waals surface area contributed by atoms with Crippen LogP contribution in [0.4, 0.5) is 5.82 Å². The van der Waals surface area contributed by atoms with E-state index in [0.717, 1.165) is 29.0 Å². The van der Waals surface area contributed by atoms with Crippen molar-refractivity contribution in [1.29, 1.82) is 0 Å². The van der Waals surface area contributed by atoms with Crippen LogP contribution in [0.3, 0.4) is 0 Å². The number of aromatic nitrogens is 3. The number of aliphatic hydroxyl groups excluding tert-OH is 1. The summed E-state index contributed by atoms with van der Waals surface area (Å²) in [5.74, 6) is 1.25. The first-order valence-electron chi connectivity index (χ1n) is 12.1. The molecule has 0 bridgehead atoms. The van der Waals surface area contributed by atoms with Crippen LogP contribution in [-0.4, -0.2) is 71.6 Å². The first kappa shape index (κ1) is 24.0. The van der Waals surface area contributed by atoms with Crippen LogP contribution in [0.15, 0.2) is 42.9 Å². The average molecular weight is 483 g/mol. The second-order valence-corrected chi connectivity index (χ2v) is 9.79. The number of methoxy groups -OCH3 is 1. The van der Waals surface area contributed by atoms with Gasteiger partial charge in [0.1, 0.15) is 29.6 Å². The maximum absolute atomic E-state index is 9.11. The van der Waals surface area contributed by atoms with Crippen molar-refractivity contribution in [3.05, 3.63) is 48.4 Å². The molecule has 9 nitrogen and oxygen atoms in total. The minimum absolute atomic E-state index is 0.0130. The molecule has 0 radical (unpaired) electrons. The van der Waals surface area contributed by atoms with Crippen molar-refractivity contribution in [2.45, 2.75) is 50.8 Å². The number of nitrogens with zero attached hydrogens (tertiary/aromatic N) is 4. The van der Waals surface area contributed by atoms with E-state index in [9.17, 15) is 0 Å². The van der Waals surface area contributed by atoms with Gasteiger partial charge in [0, 0.05) is 25.7 Å². The first-order chi connectivity index (χ1) is 16.9. The highest BCUT2D eigenvalue weighted by Gasteiger charge is 2.54. The van der Waals surface area contributed by atoms with Gasteiger partial charge in [-0.15, -0.1) is 0 Å². The lowest BCUT2D eigenvalue weighted by Crippen LogP contribution is -2.28. The molecule has 2 aliphatic rings.